The number of benzene rings is 1. The van der Waals surface area contributed by atoms with Crippen LogP contribution in [0.15, 0.2) is 29.3 Å². The first-order valence-corrected chi connectivity index (χ1v) is 9.60. The summed E-state index contributed by atoms with van der Waals surface area (Å²) in [6, 6.07) is 7.62. The molecule has 3 N–H and O–H groups in total. The molecule has 0 aromatic heterocycles. The smallest absolute Gasteiger partial charge is 0.251 e. The van der Waals surface area contributed by atoms with Gasteiger partial charge in [-0.15, -0.1) is 0 Å². The maximum atomic E-state index is 12.0. The lowest BCUT2D eigenvalue weighted by molar-refractivity contribution is -0.121. The number of rotatable bonds is 6. The summed E-state index contributed by atoms with van der Waals surface area (Å²) in [5, 5.41) is 8.90. The molecule has 2 amide bonds. The molecule has 0 aliphatic carbocycles. The standard InChI is InChI=1S/C20H31N5O2/c1-4-23-19(27)17-7-5-6-16(12-17)14-24-20(22-3)25-10-8-15(9-11-25)13-18(26)21-2/h5-7,12,15H,4,8-11,13-14H2,1-3H3,(H,21,26)(H,22,24)(H,23,27). The van der Waals surface area contributed by atoms with Crippen LogP contribution in [0.5, 0.6) is 0 Å². The van der Waals surface area contributed by atoms with Crippen LogP contribution in [0.3, 0.4) is 0 Å². The fraction of sp³-hybridized carbons (Fsp3) is 0.550. The number of aliphatic imine (C=N–C) groups is 1. The van der Waals surface area contributed by atoms with Gasteiger partial charge in [-0.3, -0.25) is 14.6 Å². The van der Waals surface area contributed by atoms with E-state index in [0.717, 1.165) is 37.5 Å². The number of guanidine groups is 1. The molecule has 1 aliphatic heterocycles. The highest BCUT2D eigenvalue weighted by atomic mass is 16.2. The van der Waals surface area contributed by atoms with E-state index in [4.69, 9.17) is 0 Å². The van der Waals surface area contributed by atoms with Gasteiger partial charge in [-0.05, 0) is 43.4 Å². The van der Waals surface area contributed by atoms with Gasteiger partial charge in [0.15, 0.2) is 5.96 Å². The molecule has 1 aromatic carbocycles. The van der Waals surface area contributed by atoms with Crippen LogP contribution >= 0.6 is 0 Å². The molecule has 27 heavy (non-hydrogen) atoms. The topological polar surface area (TPSA) is 85.8 Å². The molecule has 0 saturated carbocycles. The van der Waals surface area contributed by atoms with Gasteiger partial charge in [0.25, 0.3) is 5.91 Å². The second-order valence-electron chi connectivity index (χ2n) is 6.77. The summed E-state index contributed by atoms with van der Waals surface area (Å²) in [6.45, 7) is 4.91. The molecule has 1 saturated heterocycles. The molecule has 0 spiro atoms. The highest BCUT2D eigenvalue weighted by molar-refractivity contribution is 5.94. The first-order chi connectivity index (χ1) is 13.1. The van der Waals surface area contributed by atoms with Crippen LogP contribution in [0.1, 0.15) is 42.1 Å². The second-order valence-corrected chi connectivity index (χ2v) is 6.77. The van der Waals surface area contributed by atoms with Gasteiger partial charge in [0.1, 0.15) is 0 Å². The van der Waals surface area contributed by atoms with E-state index in [1.165, 1.54) is 0 Å². The Morgan fingerprint density at radius 2 is 1.96 bits per heavy atom. The zero-order chi connectivity index (χ0) is 19.6. The first-order valence-electron chi connectivity index (χ1n) is 9.60. The minimum atomic E-state index is -0.0538. The van der Waals surface area contributed by atoms with E-state index in [2.05, 4.69) is 25.8 Å². The number of hydrogen-bond acceptors (Lipinski definition) is 3. The molecule has 0 atom stereocenters. The quantitative estimate of drug-likeness (QED) is 0.519. The zero-order valence-corrected chi connectivity index (χ0v) is 16.5. The van der Waals surface area contributed by atoms with Crippen molar-refractivity contribution in [3.8, 4) is 0 Å². The number of nitrogens with zero attached hydrogens (tertiary/aromatic N) is 2. The Kier molecular flexibility index (Phi) is 8.10. The molecule has 0 bridgehead atoms. The van der Waals surface area contributed by atoms with Crippen LogP contribution in [0.2, 0.25) is 0 Å². The number of likely N-dealkylation sites (tertiary alicyclic amines) is 1. The molecular formula is C20H31N5O2. The van der Waals surface area contributed by atoms with Gasteiger partial charge in [0.05, 0.1) is 0 Å². The van der Waals surface area contributed by atoms with Crippen LogP contribution < -0.4 is 16.0 Å². The molecule has 7 nitrogen and oxygen atoms in total. The molecular weight excluding hydrogens is 342 g/mol. The summed E-state index contributed by atoms with van der Waals surface area (Å²) >= 11 is 0. The molecule has 1 aromatic rings. The lowest BCUT2D eigenvalue weighted by Gasteiger charge is -2.34. The normalized spacial score (nSPS) is 15.4. The number of carbonyl (C=O) groups is 2. The van der Waals surface area contributed by atoms with Crippen molar-refractivity contribution in [3.63, 3.8) is 0 Å². The van der Waals surface area contributed by atoms with Crippen LogP contribution in [-0.2, 0) is 11.3 Å². The lowest BCUT2D eigenvalue weighted by atomic mass is 9.93. The largest absolute Gasteiger partial charge is 0.359 e. The fourth-order valence-corrected chi connectivity index (χ4v) is 3.31. The van der Waals surface area contributed by atoms with Gasteiger partial charge in [0, 0.05) is 52.3 Å². The van der Waals surface area contributed by atoms with E-state index >= 15 is 0 Å². The minimum absolute atomic E-state index is 0.0538. The summed E-state index contributed by atoms with van der Waals surface area (Å²) in [5.74, 6) is 1.36. The summed E-state index contributed by atoms with van der Waals surface area (Å²) in [7, 11) is 3.47. The Bertz CT molecular complexity index is 666. The summed E-state index contributed by atoms with van der Waals surface area (Å²) < 4.78 is 0. The van der Waals surface area contributed by atoms with Crippen molar-refractivity contribution >= 4 is 17.8 Å². The molecule has 1 fully saturated rings. The second kappa shape index (κ2) is 10.5. The van der Waals surface area contributed by atoms with E-state index < -0.39 is 0 Å². The van der Waals surface area contributed by atoms with Crippen LogP contribution in [-0.4, -0.2) is 56.4 Å². The van der Waals surface area contributed by atoms with Crippen molar-refractivity contribution in [2.45, 2.75) is 32.7 Å². The predicted octanol–water partition coefficient (Wildman–Crippen LogP) is 1.36. The number of carbonyl (C=O) groups excluding carboxylic acids is 2. The van der Waals surface area contributed by atoms with Crippen molar-refractivity contribution in [2.75, 3.05) is 33.7 Å². The van der Waals surface area contributed by atoms with Crippen LogP contribution in [0.25, 0.3) is 0 Å². The summed E-state index contributed by atoms with van der Waals surface area (Å²) in [5.41, 5.74) is 1.70. The Hall–Kier alpha value is -2.57. The number of piperidine rings is 1. The third-order valence-electron chi connectivity index (χ3n) is 4.86. The van der Waals surface area contributed by atoms with Crippen molar-refractivity contribution in [1.29, 1.82) is 0 Å². The molecule has 2 rings (SSSR count). The van der Waals surface area contributed by atoms with E-state index in [-0.39, 0.29) is 11.8 Å². The molecule has 7 heteroatoms. The van der Waals surface area contributed by atoms with Crippen molar-refractivity contribution in [2.24, 2.45) is 10.9 Å². The van der Waals surface area contributed by atoms with Gasteiger partial charge < -0.3 is 20.9 Å². The van der Waals surface area contributed by atoms with Crippen LogP contribution in [0.4, 0.5) is 0 Å². The highest BCUT2D eigenvalue weighted by Gasteiger charge is 2.23. The van der Waals surface area contributed by atoms with Crippen LogP contribution in [0, 0.1) is 5.92 Å². The van der Waals surface area contributed by atoms with Gasteiger partial charge >= 0.3 is 0 Å². The number of nitrogens with one attached hydrogen (secondary N) is 3. The van der Waals surface area contributed by atoms with Gasteiger partial charge in [-0.2, -0.15) is 0 Å². The molecule has 1 heterocycles. The average molecular weight is 374 g/mol. The Morgan fingerprint density at radius 1 is 1.22 bits per heavy atom. The summed E-state index contributed by atoms with van der Waals surface area (Å²) in [6.07, 6.45) is 2.57. The molecule has 148 valence electrons. The zero-order valence-electron chi connectivity index (χ0n) is 16.5. The molecule has 0 radical (unpaired) electrons. The van der Waals surface area contributed by atoms with Crippen molar-refractivity contribution < 1.29 is 9.59 Å². The number of amides is 2. The fourth-order valence-electron chi connectivity index (χ4n) is 3.31. The maximum Gasteiger partial charge on any atom is 0.251 e. The van der Waals surface area contributed by atoms with Gasteiger partial charge in [-0.25, -0.2) is 0 Å². The SMILES string of the molecule is CCNC(=O)c1cccc(CNC(=NC)N2CCC(CC(=O)NC)CC2)c1. The third-order valence-corrected chi connectivity index (χ3v) is 4.86. The lowest BCUT2D eigenvalue weighted by Crippen LogP contribution is -2.45. The Labute approximate surface area is 161 Å². The van der Waals surface area contributed by atoms with E-state index in [9.17, 15) is 9.59 Å². The third kappa shape index (κ3) is 6.27. The first kappa shape index (κ1) is 20.7. The predicted molar refractivity (Wildman–Crippen MR) is 108 cm³/mol. The summed E-state index contributed by atoms with van der Waals surface area (Å²) in [4.78, 5) is 30.1. The van der Waals surface area contributed by atoms with Gasteiger partial charge in [0.2, 0.25) is 5.91 Å². The Morgan fingerprint density at radius 3 is 2.59 bits per heavy atom. The monoisotopic (exact) mass is 373 g/mol. The van der Waals surface area contributed by atoms with E-state index in [1.807, 2.05) is 31.2 Å². The highest BCUT2D eigenvalue weighted by Crippen LogP contribution is 2.20. The molecule has 0 unspecified atom stereocenters. The minimum Gasteiger partial charge on any atom is -0.359 e. The maximum absolute atomic E-state index is 12.0. The van der Waals surface area contributed by atoms with Gasteiger partial charge in [-0.1, -0.05) is 12.1 Å². The van der Waals surface area contributed by atoms with E-state index in [1.54, 1.807) is 14.1 Å². The Balaban J connectivity index is 1.87. The average Bonchev–Trinajstić information content (AvgIpc) is 2.70. The van der Waals surface area contributed by atoms with Crippen molar-refractivity contribution in [3.05, 3.63) is 35.4 Å². The molecule has 1 aliphatic rings. The number of hydrogen-bond donors (Lipinski definition) is 3. The van der Waals surface area contributed by atoms with Crippen molar-refractivity contribution in [1.82, 2.24) is 20.9 Å². The van der Waals surface area contributed by atoms with E-state index in [0.29, 0.717) is 31.0 Å².